The van der Waals surface area contributed by atoms with Crippen molar-refractivity contribution in [3.63, 3.8) is 0 Å². The van der Waals surface area contributed by atoms with Crippen molar-refractivity contribution in [2.45, 2.75) is 19.9 Å². The number of hydrogen-bond donors (Lipinski definition) is 2. The van der Waals surface area contributed by atoms with E-state index in [9.17, 15) is 4.79 Å². The van der Waals surface area contributed by atoms with Gasteiger partial charge < -0.3 is 13.7 Å². The van der Waals surface area contributed by atoms with Gasteiger partial charge in [-0.15, -0.1) is 0 Å². The maximum absolute atomic E-state index is 10.0. The van der Waals surface area contributed by atoms with Gasteiger partial charge in [0, 0.05) is 0 Å². The molecule has 0 rings (SSSR count). The first-order valence-electron chi connectivity index (χ1n) is 2.54. The zero-order valence-electron chi connectivity index (χ0n) is 7.79. The second-order valence-electron chi connectivity index (χ2n) is 2.11. The molecule has 0 radical (unpaired) electrons. The minimum absolute atomic E-state index is 0. The average Bonchev–Trinajstić information content (AvgIpc) is 1.64. The number of rotatable bonds is 2. The van der Waals surface area contributed by atoms with Crippen LogP contribution in [0.3, 0.4) is 0 Å². The Kier molecular flexibility index (Phi) is 6.65. The Bertz CT molecular complexity index is 102. The zero-order chi connectivity index (χ0) is 6.73. The van der Waals surface area contributed by atoms with E-state index in [1.165, 1.54) is 0 Å². The van der Waals surface area contributed by atoms with Gasteiger partial charge in [0.2, 0.25) is 0 Å². The first kappa shape index (κ1) is 11.9. The van der Waals surface area contributed by atoms with E-state index in [1.807, 2.05) is 0 Å². The molecule has 0 aromatic heterocycles. The van der Waals surface area contributed by atoms with Crippen LogP contribution in [0.1, 0.15) is 16.7 Å². The molecule has 0 unspecified atom stereocenters. The van der Waals surface area contributed by atoms with Gasteiger partial charge in [-0.05, 0) is 5.92 Å². The molecule has 0 aliphatic rings. The number of carbonyl (C=O) groups is 1. The minimum Gasteiger partial charge on any atom is -1.00 e. The molecule has 0 saturated heterocycles. The van der Waals surface area contributed by atoms with Crippen LogP contribution >= 0.6 is 0 Å². The molecule has 3 nitrogen and oxygen atoms in total. The first-order valence-corrected chi connectivity index (χ1v) is 2.54. The molecule has 0 aliphatic carbocycles. The van der Waals surface area contributed by atoms with Crippen LogP contribution in [0.5, 0.6) is 0 Å². The molecule has 0 aromatic carbocycles. The summed E-state index contributed by atoms with van der Waals surface area (Å²) in [6, 6.07) is -0.713. The Hall–Kier alpha value is 0.196. The van der Waals surface area contributed by atoms with Gasteiger partial charge in [0.25, 0.3) is 0 Å². The molecule has 0 bridgehead atoms. The predicted molar refractivity (Wildman–Crippen MR) is 38.4 cm³/mol. The van der Waals surface area contributed by atoms with E-state index in [2.05, 4.69) is 0 Å². The van der Waals surface area contributed by atoms with Crippen LogP contribution in [-0.2, 0) is 4.79 Å². The SMILES string of the molecule is CC(C)[C@H](N)C(=O)O.[H-].[H-].[Mg+2]. The summed E-state index contributed by atoms with van der Waals surface area (Å²) < 4.78 is 0. The molecule has 1 atom stereocenters. The standard InChI is InChI=1S/C5H11NO2.Mg.2H/c1-3(2)4(6)5(7)8;;;/h3-4H,6H2,1-2H3,(H,7,8);;;/q;+2;2*-1/t4-;;;/m0.../s1. The summed E-state index contributed by atoms with van der Waals surface area (Å²) in [6.07, 6.45) is 0. The topological polar surface area (TPSA) is 63.3 Å². The maximum Gasteiger partial charge on any atom is 2.00 e. The molecule has 0 amide bonds. The Morgan fingerprint density at radius 3 is 2.00 bits per heavy atom. The molecular weight excluding hydrogens is 130 g/mol. The van der Waals surface area contributed by atoms with E-state index in [0.717, 1.165) is 0 Å². The van der Waals surface area contributed by atoms with Crippen LogP contribution in [0, 0.1) is 5.92 Å². The monoisotopic (exact) mass is 143 g/mol. The van der Waals surface area contributed by atoms with E-state index in [0.29, 0.717) is 0 Å². The van der Waals surface area contributed by atoms with Crippen molar-refractivity contribution in [3.8, 4) is 0 Å². The van der Waals surface area contributed by atoms with Crippen molar-refractivity contribution in [2.24, 2.45) is 11.7 Å². The first-order chi connectivity index (χ1) is 3.55. The second-order valence-corrected chi connectivity index (χ2v) is 2.11. The fourth-order valence-corrected chi connectivity index (χ4v) is 0.285. The molecule has 52 valence electrons. The summed E-state index contributed by atoms with van der Waals surface area (Å²) in [7, 11) is 0. The van der Waals surface area contributed by atoms with Crippen LogP contribution < -0.4 is 5.73 Å². The normalized spacial score (nSPS) is 12.4. The maximum atomic E-state index is 10.0. The molecule has 0 heterocycles. The van der Waals surface area contributed by atoms with Crippen molar-refractivity contribution in [2.75, 3.05) is 0 Å². The van der Waals surface area contributed by atoms with Gasteiger partial charge in [0.1, 0.15) is 6.04 Å². The van der Waals surface area contributed by atoms with Crippen molar-refractivity contribution >= 4 is 29.0 Å². The fraction of sp³-hybridized carbons (Fsp3) is 0.800. The Morgan fingerprint density at radius 1 is 1.67 bits per heavy atom. The van der Waals surface area contributed by atoms with Crippen LogP contribution in [-0.4, -0.2) is 40.2 Å². The summed E-state index contributed by atoms with van der Waals surface area (Å²) in [5.74, 6) is -0.910. The smallest absolute Gasteiger partial charge is 1.00 e. The molecule has 4 heteroatoms. The van der Waals surface area contributed by atoms with Crippen molar-refractivity contribution in [1.82, 2.24) is 0 Å². The Labute approximate surface area is 73.7 Å². The third kappa shape index (κ3) is 4.68. The van der Waals surface area contributed by atoms with Crippen LogP contribution in [0.15, 0.2) is 0 Å². The summed E-state index contributed by atoms with van der Waals surface area (Å²) >= 11 is 0. The molecule has 0 aliphatic heterocycles. The zero-order valence-corrected chi connectivity index (χ0v) is 7.21. The van der Waals surface area contributed by atoms with Gasteiger partial charge in [0.15, 0.2) is 0 Å². The summed E-state index contributed by atoms with van der Waals surface area (Å²) in [5, 5.41) is 8.23. The number of aliphatic carboxylic acids is 1. The van der Waals surface area contributed by atoms with E-state index in [-0.39, 0.29) is 31.8 Å². The van der Waals surface area contributed by atoms with E-state index >= 15 is 0 Å². The van der Waals surface area contributed by atoms with Crippen LogP contribution in [0.2, 0.25) is 0 Å². The van der Waals surface area contributed by atoms with Crippen molar-refractivity contribution in [3.05, 3.63) is 0 Å². The van der Waals surface area contributed by atoms with Crippen LogP contribution in [0.4, 0.5) is 0 Å². The van der Waals surface area contributed by atoms with E-state index in [1.54, 1.807) is 13.8 Å². The average molecular weight is 143 g/mol. The van der Waals surface area contributed by atoms with Gasteiger partial charge in [-0.1, -0.05) is 13.8 Å². The summed E-state index contributed by atoms with van der Waals surface area (Å²) in [6.45, 7) is 3.55. The molecular formula is C5H13MgNO2. The number of hydrogen-bond acceptors (Lipinski definition) is 2. The Morgan fingerprint density at radius 2 is 2.00 bits per heavy atom. The molecule has 3 N–H and O–H groups in total. The van der Waals surface area contributed by atoms with Crippen molar-refractivity contribution < 1.29 is 12.8 Å². The van der Waals surface area contributed by atoms with Crippen LogP contribution in [0.25, 0.3) is 0 Å². The summed E-state index contributed by atoms with van der Waals surface area (Å²) in [5.41, 5.74) is 5.16. The van der Waals surface area contributed by atoms with E-state index < -0.39 is 12.0 Å². The second kappa shape index (κ2) is 5.02. The largest absolute Gasteiger partial charge is 2.00 e. The molecule has 0 fully saturated rings. The summed E-state index contributed by atoms with van der Waals surface area (Å²) in [4.78, 5) is 10.0. The van der Waals surface area contributed by atoms with Crippen molar-refractivity contribution in [1.29, 1.82) is 0 Å². The minimum atomic E-state index is -0.931. The van der Waals surface area contributed by atoms with Gasteiger partial charge >= 0.3 is 29.0 Å². The predicted octanol–water partition coefficient (Wildman–Crippen LogP) is -0.101. The number of nitrogens with two attached hydrogens (primary N) is 1. The van der Waals surface area contributed by atoms with Gasteiger partial charge in [-0.2, -0.15) is 0 Å². The van der Waals surface area contributed by atoms with Gasteiger partial charge in [-0.25, -0.2) is 0 Å². The number of carboxylic acid groups (broad SMARTS) is 1. The van der Waals surface area contributed by atoms with Gasteiger partial charge in [0.05, 0.1) is 0 Å². The third-order valence-electron chi connectivity index (χ3n) is 1.00. The molecule has 0 aromatic rings. The molecule has 0 saturated carbocycles. The quantitative estimate of drug-likeness (QED) is 0.531. The molecule has 0 spiro atoms. The Balaban J connectivity index is -0.0000000817. The molecule has 9 heavy (non-hydrogen) atoms. The fourth-order valence-electron chi connectivity index (χ4n) is 0.285. The third-order valence-corrected chi connectivity index (χ3v) is 1.00. The van der Waals surface area contributed by atoms with E-state index in [4.69, 9.17) is 10.8 Å². The van der Waals surface area contributed by atoms with Gasteiger partial charge in [-0.3, -0.25) is 4.79 Å². The number of carboxylic acids is 1.